The number of carbonyl (C=O) groups excluding carboxylic acids is 1. The summed E-state index contributed by atoms with van der Waals surface area (Å²) in [6.07, 6.45) is 0.552. The topological polar surface area (TPSA) is 78.3 Å². The average molecular weight is 174 g/mol. The van der Waals surface area contributed by atoms with Gasteiger partial charge in [-0.1, -0.05) is 13.8 Å². The molecule has 4 heteroatoms. The van der Waals surface area contributed by atoms with Crippen molar-refractivity contribution >= 4 is 5.91 Å². The van der Waals surface area contributed by atoms with Crippen molar-refractivity contribution in [1.29, 1.82) is 0 Å². The molecule has 0 heterocycles. The van der Waals surface area contributed by atoms with Gasteiger partial charge in [-0.05, 0) is 11.8 Å². The van der Waals surface area contributed by atoms with Crippen molar-refractivity contribution in [1.82, 2.24) is 0 Å². The van der Waals surface area contributed by atoms with Crippen LogP contribution in [0.4, 0.5) is 0 Å². The van der Waals surface area contributed by atoms with E-state index in [-0.39, 0.29) is 5.41 Å². The summed E-state index contributed by atoms with van der Waals surface area (Å²) in [7, 11) is 1.62. The van der Waals surface area contributed by atoms with Crippen LogP contribution >= 0.6 is 0 Å². The molecular formula is C8H18N2O2. The Kier molecular flexibility index (Phi) is 4.20. The third-order valence-corrected chi connectivity index (χ3v) is 1.67. The Hall–Kier alpha value is -0.610. The van der Waals surface area contributed by atoms with Crippen LogP contribution < -0.4 is 11.5 Å². The Morgan fingerprint density at radius 2 is 2.08 bits per heavy atom. The summed E-state index contributed by atoms with van der Waals surface area (Å²) in [6.45, 7) is 4.55. The fourth-order valence-electron chi connectivity index (χ4n) is 1.15. The van der Waals surface area contributed by atoms with Gasteiger partial charge in [-0.15, -0.1) is 0 Å². The summed E-state index contributed by atoms with van der Waals surface area (Å²) in [5.74, 6) is -0.459. The van der Waals surface area contributed by atoms with Crippen LogP contribution in [0.3, 0.4) is 0 Å². The largest absolute Gasteiger partial charge is 0.384 e. The van der Waals surface area contributed by atoms with E-state index in [4.69, 9.17) is 16.2 Å². The van der Waals surface area contributed by atoms with Crippen molar-refractivity contribution in [2.75, 3.05) is 13.7 Å². The number of rotatable bonds is 5. The molecule has 4 N–H and O–H groups in total. The maximum atomic E-state index is 10.6. The van der Waals surface area contributed by atoms with E-state index in [1.165, 1.54) is 0 Å². The van der Waals surface area contributed by atoms with Crippen LogP contribution in [0.25, 0.3) is 0 Å². The van der Waals surface area contributed by atoms with E-state index in [0.29, 0.717) is 13.0 Å². The molecule has 72 valence electrons. The molecule has 4 nitrogen and oxygen atoms in total. The lowest BCUT2D eigenvalue weighted by Crippen LogP contribution is -2.40. The molecule has 12 heavy (non-hydrogen) atoms. The van der Waals surface area contributed by atoms with Gasteiger partial charge in [-0.2, -0.15) is 0 Å². The van der Waals surface area contributed by atoms with Crippen LogP contribution in [-0.2, 0) is 9.53 Å². The van der Waals surface area contributed by atoms with Crippen molar-refractivity contribution in [2.24, 2.45) is 16.9 Å². The molecule has 0 fully saturated rings. The molecule has 0 rings (SSSR count). The molecule has 0 spiro atoms. The van der Waals surface area contributed by atoms with E-state index in [2.05, 4.69) is 0 Å². The van der Waals surface area contributed by atoms with Crippen molar-refractivity contribution in [3.63, 3.8) is 0 Å². The first-order valence-corrected chi connectivity index (χ1v) is 3.93. The van der Waals surface area contributed by atoms with E-state index >= 15 is 0 Å². The highest BCUT2D eigenvalue weighted by atomic mass is 16.5. The van der Waals surface area contributed by atoms with Gasteiger partial charge in [0.1, 0.15) is 0 Å². The maximum Gasteiger partial charge on any atom is 0.234 e. The van der Waals surface area contributed by atoms with Crippen LogP contribution in [0.2, 0.25) is 0 Å². The Balaban J connectivity index is 3.95. The minimum Gasteiger partial charge on any atom is -0.384 e. The van der Waals surface area contributed by atoms with Crippen LogP contribution in [0, 0.1) is 5.41 Å². The number of hydrogen-bond acceptors (Lipinski definition) is 3. The second-order valence-corrected chi connectivity index (χ2v) is 3.81. The monoisotopic (exact) mass is 174 g/mol. The number of ether oxygens (including phenoxy) is 1. The van der Waals surface area contributed by atoms with Crippen LogP contribution in [0.5, 0.6) is 0 Å². The molecule has 0 aromatic carbocycles. The first-order valence-electron chi connectivity index (χ1n) is 3.93. The Morgan fingerprint density at radius 3 is 2.42 bits per heavy atom. The molecule has 1 atom stereocenters. The SMILES string of the molecule is COCC(C)(C)CC(N)C(N)=O. The molecule has 0 saturated carbocycles. The lowest BCUT2D eigenvalue weighted by molar-refractivity contribution is -0.120. The molecule has 0 aliphatic carbocycles. The molecule has 0 saturated heterocycles. The normalized spacial score (nSPS) is 14.3. The Morgan fingerprint density at radius 1 is 1.58 bits per heavy atom. The van der Waals surface area contributed by atoms with Gasteiger partial charge in [-0.3, -0.25) is 4.79 Å². The second kappa shape index (κ2) is 4.42. The van der Waals surface area contributed by atoms with Crippen molar-refractivity contribution < 1.29 is 9.53 Å². The van der Waals surface area contributed by atoms with Gasteiger partial charge in [0.25, 0.3) is 0 Å². The molecule has 0 aromatic rings. The van der Waals surface area contributed by atoms with Gasteiger partial charge in [0.2, 0.25) is 5.91 Å². The summed E-state index contributed by atoms with van der Waals surface area (Å²) < 4.78 is 4.98. The average Bonchev–Trinajstić information content (AvgIpc) is 1.85. The molecule has 0 aliphatic rings. The van der Waals surface area contributed by atoms with Crippen molar-refractivity contribution in [2.45, 2.75) is 26.3 Å². The Bertz CT molecular complexity index is 157. The van der Waals surface area contributed by atoms with Gasteiger partial charge in [0.15, 0.2) is 0 Å². The van der Waals surface area contributed by atoms with E-state index in [9.17, 15) is 4.79 Å². The predicted octanol–water partition coefficient (Wildman–Crippen LogP) is -0.138. The zero-order chi connectivity index (χ0) is 9.78. The van der Waals surface area contributed by atoms with E-state index < -0.39 is 11.9 Å². The lowest BCUT2D eigenvalue weighted by Gasteiger charge is -2.25. The smallest absolute Gasteiger partial charge is 0.234 e. The fourth-order valence-corrected chi connectivity index (χ4v) is 1.15. The number of primary amides is 1. The minimum absolute atomic E-state index is 0.0941. The maximum absolute atomic E-state index is 10.6. The van der Waals surface area contributed by atoms with Gasteiger partial charge in [0.05, 0.1) is 12.6 Å². The molecule has 0 radical (unpaired) electrons. The molecule has 1 amide bonds. The minimum atomic E-state index is -0.574. The highest BCUT2D eigenvalue weighted by Crippen LogP contribution is 2.21. The predicted molar refractivity (Wildman–Crippen MR) is 47.4 cm³/mol. The first kappa shape index (κ1) is 11.4. The van der Waals surface area contributed by atoms with E-state index in [1.807, 2.05) is 13.8 Å². The number of nitrogens with two attached hydrogens (primary N) is 2. The number of methoxy groups -OCH3 is 1. The van der Waals surface area contributed by atoms with Crippen molar-refractivity contribution in [3.05, 3.63) is 0 Å². The van der Waals surface area contributed by atoms with E-state index in [0.717, 1.165) is 0 Å². The summed E-state index contributed by atoms with van der Waals surface area (Å²) >= 11 is 0. The summed E-state index contributed by atoms with van der Waals surface area (Å²) in [5, 5.41) is 0. The molecule has 1 unspecified atom stereocenters. The third kappa shape index (κ3) is 4.31. The summed E-state index contributed by atoms with van der Waals surface area (Å²) in [6, 6.07) is -0.574. The lowest BCUT2D eigenvalue weighted by atomic mass is 9.87. The van der Waals surface area contributed by atoms with Gasteiger partial charge < -0.3 is 16.2 Å². The van der Waals surface area contributed by atoms with Crippen LogP contribution in [0.15, 0.2) is 0 Å². The van der Waals surface area contributed by atoms with Crippen molar-refractivity contribution in [3.8, 4) is 0 Å². The summed E-state index contributed by atoms with van der Waals surface area (Å²) in [5.41, 5.74) is 10.4. The zero-order valence-corrected chi connectivity index (χ0v) is 7.96. The number of carbonyl (C=O) groups is 1. The fraction of sp³-hybridized carbons (Fsp3) is 0.875. The third-order valence-electron chi connectivity index (χ3n) is 1.67. The van der Waals surface area contributed by atoms with E-state index in [1.54, 1.807) is 7.11 Å². The Labute approximate surface area is 73.2 Å². The molecule has 0 aromatic heterocycles. The highest BCUT2D eigenvalue weighted by Gasteiger charge is 2.23. The zero-order valence-electron chi connectivity index (χ0n) is 7.96. The quantitative estimate of drug-likeness (QED) is 0.609. The molecule has 0 aliphatic heterocycles. The number of amides is 1. The first-order chi connectivity index (χ1) is 5.39. The van der Waals surface area contributed by atoms with Gasteiger partial charge in [-0.25, -0.2) is 0 Å². The highest BCUT2D eigenvalue weighted by molar-refractivity contribution is 5.79. The van der Waals surface area contributed by atoms with Gasteiger partial charge in [0, 0.05) is 7.11 Å². The molecular weight excluding hydrogens is 156 g/mol. The van der Waals surface area contributed by atoms with Crippen LogP contribution in [-0.4, -0.2) is 25.7 Å². The standard InChI is InChI=1S/C8H18N2O2/c1-8(2,5-12-3)4-6(9)7(10)11/h6H,4-5,9H2,1-3H3,(H2,10,11). The number of hydrogen-bond donors (Lipinski definition) is 2. The molecule has 0 bridgehead atoms. The second-order valence-electron chi connectivity index (χ2n) is 3.81. The van der Waals surface area contributed by atoms with Crippen LogP contribution in [0.1, 0.15) is 20.3 Å². The summed E-state index contributed by atoms with van der Waals surface area (Å²) in [4.78, 5) is 10.6. The van der Waals surface area contributed by atoms with Gasteiger partial charge >= 0.3 is 0 Å².